The second-order valence-electron chi connectivity index (χ2n) is 7.76. The maximum absolute atomic E-state index is 12.5. The molecule has 0 aliphatic carbocycles. The average molecular weight is 433 g/mol. The smallest absolute Gasteiger partial charge is 0.297 e. The number of aryl methyl sites for hydroxylation is 1. The number of benzene rings is 1. The maximum atomic E-state index is 12.5. The molecule has 0 saturated carbocycles. The van der Waals surface area contributed by atoms with E-state index < -0.39 is 46.6 Å². The van der Waals surface area contributed by atoms with Gasteiger partial charge < -0.3 is 24.3 Å². The highest BCUT2D eigenvalue weighted by molar-refractivity contribution is 7.86. The van der Waals surface area contributed by atoms with E-state index in [1.807, 2.05) is 6.92 Å². The van der Waals surface area contributed by atoms with Crippen LogP contribution in [0.25, 0.3) is 0 Å². The molecule has 4 rings (SSSR count). The van der Waals surface area contributed by atoms with Gasteiger partial charge in [-0.2, -0.15) is 8.42 Å². The van der Waals surface area contributed by atoms with Crippen molar-refractivity contribution in [1.29, 1.82) is 0 Å². The molecular formula is C21H23NO7S. The first-order valence-corrected chi connectivity index (χ1v) is 10.9. The molecule has 1 aromatic carbocycles. The quantitative estimate of drug-likeness (QED) is 0.558. The molecular weight excluding hydrogens is 410 g/mol. The van der Waals surface area contributed by atoms with Crippen LogP contribution in [0.3, 0.4) is 0 Å². The van der Waals surface area contributed by atoms with Crippen LogP contribution in [0.2, 0.25) is 0 Å². The van der Waals surface area contributed by atoms with Crippen LogP contribution in [0, 0.1) is 18.8 Å². The van der Waals surface area contributed by atoms with Gasteiger partial charge in [-0.15, -0.1) is 0 Å². The van der Waals surface area contributed by atoms with Gasteiger partial charge in [0.25, 0.3) is 10.1 Å². The predicted molar refractivity (Wildman–Crippen MR) is 106 cm³/mol. The van der Waals surface area contributed by atoms with Gasteiger partial charge in [0, 0.05) is 6.20 Å². The number of H-pyrrole nitrogens is 1. The number of aromatic nitrogens is 1. The predicted octanol–water partition coefficient (Wildman–Crippen LogP) is 1.69. The number of ether oxygens (including phenoxy) is 3. The van der Waals surface area contributed by atoms with E-state index in [1.54, 1.807) is 44.3 Å². The summed E-state index contributed by atoms with van der Waals surface area (Å²) in [6.07, 6.45) is -1.23. The Morgan fingerprint density at radius 1 is 1.20 bits per heavy atom. The van der Waals surface area contributed by atoms with E-state index in [0.717, 1.165) is 5.56 Å². The van der Waals surface area contributed by atoms with E-state index in [0.29, 0.717) is 5.69 Å². The Morgan fingerprint density at radius 3 is 2.60 bits per heavy atom. The maximum Gasteiger partial charge on any atom is 0.297 e. The molecule has 2 N–H and O–H groups in total. The molecule has 1 aromatic heterocycles. The molecule has 0 bridgehead atoms. The number of nitrogens with one attached hydrogen (secondary N) is 1. The molecule has 2 aromatic rings. The Hall–Kier alpha value is -2.19. The van der Waals surface area contributed by atoms with E-state index in [2.05, 4.69) is 16.8 Å². The van der Waals surface area contributed by atoms with Crippen molar-refractivity contribution >= 4 is 10.1 Å². The molecule has 2 fully saturated rings. The summed E-state index contributed by atoms with van der Waals surface area (Å²) in [5.74, 6) is 4.63. The fourth-order valence-electron chi connectivity index (χ4n) is 3.39. The Labute approximate surface area is 175 Å². The largest absolute Gasteiger partial charge is 0.372 e. The topological polar surface area (TPSA) is 107 Å². The Morgan fingerprint density at radius 2 is 1.93 bits per heavy atom. The summed E-state index contributed by atoms with van der Waals surface area (Å²) in [4.78, 5) is 2.94. The zero-order valence-corrected chi connectivity index (χ0v) is 17.6. The average Bonchev–Trinajstić information content (AvgIpc) is 3.35. The van der Waals surface area contributed by atoms with Gasteiger partial charge in [0.15, 0.2) is 23.8 Å². The third-order valence-electron chi connectivity index (χ3n) is 4.96. The highest BCUT2D eigenvalue weighted by atomic mass is 32.2. The minimum absolute atomic E-state index is 0.0148. The van der Waals surface area contributed by atoms with Crippen LogP contribution in [0.1, 0.15) is 25.1 Å². The van der Waals surface area contributed by atoms with Gasteiger partial charge in [0.1, 0.15) is 6.10 Å². The summed E-state index contributed by atoms with van der Waals surface area (Å²) in [7, 11) is -4.05. The van der Waals surface area contributed by atoms with Crippen LogP contribution >= 0.6 is 0 Å². The monoisotopic (exact) mass is 433 g/mol. The molecule has 4 atom stereocenters. The first-order chi connectivity index (χ1) is 14.1. The molecule has 2 aliphatic rings. The standard InChI is InChI=1S/C21H23NO7S/c1-14-6-8-16(9-7-14)30(24,25)26-13-17-21(23,11-10-15-5-4-12-22-15)18-19(27-17)29-20(2,3)28-18/h4-9,12,17-19,22-23H,13H2,1-3H3/t17?,18-,19+,21+/m0/s1. The molecule has 0 amide bonds. The lowest BCUT2D eigenvalue weighted by Gasteiger charge is -2.29. The van der Waals surface area contributed by atoms with Gasteiger partial charge in [0.2, 0.25) is 0 Å². The van der Waals surface area contributed by atoms with Crippen LogP contribution in [-0.2, 0) is 28.5 Å². The van der Waals surface area contributed by atoms with Gasteiger partial charge in [-0.05, 0) is 51.0 Å². The Bertz CT molecular complexity index is 1070. The Kier molecular flexibility index (Phi) is 5.26. The third kappa shape index (κ3) is 4.03. The minimum atomic E-state index is -4.05. The normalized spacial score (nSPS) is 29.9. The fraction of sp³-hybridized carbons (Fsp3) is 0.429. The lowest BCUT2D eigenvalue weighted by Crippen LogP contribution is -2.49. The second kappa shape index (κ2) is 7.50. The SMILES string of the molecule is Cc1ccc(S(=O)(=O)OCC2O[C@@H]3OC(C)(C)O[C@@H]3[C@@]2(O)C#Cc2ccc[nH]2)cc1. The summed E-state index contributed by atoms with van der Waals surface area (Å²) in [5, 5.41) is 11.4. The van der Waals surface area contributed by atoms with Gasteiger partial charge >= 0.3 is 0 Å². The van der Waals surface area contributed by atoms with Crippen LogP contribution in [0.5, 0.6) is 0 Å². The van der Waals surface area contributed by atoms with E-state index in [-0.39, 0.29) is 4.90 Å². The van der Waals surface area contributed by atoms with Crippen molar-refractivity contribution in [2.45, 2.75) is 55.6 Å². The lowest BCUT2D eigenvalue weighted by molar-refractivity contribution is -0.224. The second-order valence-corrected chi connectivity index (χ2v) is 9.38. The van der Waals surface area contributed by atoms with Crippen LogP contribution in [-0.4, -0.2) is 55.0 Å². The van der Waals surface area contributed by atoms with Gasteiger partial charge in [0.05, 0.1) is 17.2 Å². The van der Waals surface area contributed by atoms with E-state index in [9.17, 15) is 13.5 Å². The summed E-state index contributed by atoms with van der Waals surface area (Å²) in [6.45, 7) is 4.79. The molecule has 2 saturated heterocycles. The summed E-state index contributed by atoms with van der Waals surface area (Å²) >= 11 is 0. The first-order valence-electron chi connectivity index (χ1n) is 9.45. The number of hydrogen-bond donors (Lipinski definition) is 2. The molecule has 9 heteroatoms. The van der Waals surface area contributed by atoms with Crippen molar-refractivity contribution in [2.75, 3.05) is 6.61 Å². The number of fused-ring (bicyclic) bond motifs is 1. The van der Waals surface area contributed by atoms with Crippen molar-refractivity contribution in [1.82, 2.24) is 4.98 Å². The van der Waals surface area contributed by atoms with Crippen LogP contribution in [0.15, 0.2) is 47.5 Å². The van der Waals surface area contributed by atoms with Crippen molar-refractivity contribution in [2.24, 2.45) is 0 Å². The number of aromatic amines is 1. The van der Waals surface area contributed by atoms with Crippen LogP contribution in [0.4, 0.5) is 0 Å². The Balaban J connectivity index is 1.57. The lowest BCUT2D eigenvalue weighted by atomic mass is 9.93. The number of hydrogen-bond acceptors (Lipinski definition) is 7. The van der Waals surface area contributed by atoms with Crippen molar-refractivity contribution in [3.63, 3.8) is 0 Å². The molecule has 3 heterocycles. The van der Waals surface area contributed by atoms with Crippen molar-refractivity contribution < 1.29 is 31.9 Å². The van der Waals surface area contributed by atoms with Gasteiger partial charge in [-0.1, -0.05) is 23.6 Å². The van der Waals surface area contributed by atoms with E-state index in [1.165, 1.54) is 12.1 Å². The first kappa shape index (κ1) is 21.1. The summed E-state index contributed by atoms with van der Waals surface area (Å²) in [5.41, 5.74) is -0.337. The molecule has 160 valence electrons. The number of rotatable bonds is 4. The van der Waals surface area contributed by atoms with E-state index in [4.69, 9.17) is 18.4 Å². The molecule has 0 radical (unpaired) electrons. The van der Waals surface area contributed by atoms with Crippen LogP contribution < -0.4 is 0 Å². The molecule has 2 aliphatic heterocycles. The zero-order chi connectivity index (χ0) is 21.6. The highest BCUT2D eigenvalue weighted by Gasteiger charge is 2.63. The highest BCUT2D eigenvalue weighted by Crippen LogP contribution is 2.43. The zero-order valence-electron chi connectivity index (χ0n) is 16.8. The van der Waals surface area contributed by atoms with Gasteiger partial charge in [-0.25, -0.2) is 0 Å². The minimum Gasteiger partial charge on any atom is -0.372 e. The summed E-state index contributed by atoms with van der Waals surface area (Å²) < 4.78 is 47.5. The van der Waals surface area contributed by atoms with Crippen molar-refractivity contribution in [3.8, 4) is 11.8 Å². The van der Waals surface area contributed by atoms with Crippen molar-refractivity contribution in [3.05, 3.63) is 53.9 Å². The van der Waals surface area contributed by atoms with E-state index >= 15 is 0 Å². The number of aliphatic hydroxyl groups is 1. The molecule has 1 unspecified atom stereocenters. The summed E-state index contributed by atoms with van der Waals surface area (Å²) in [6, 6.07) is 9.78. The molecule has 8 nitrogen and oxygen atoms in total. The molecule has 0 spiro atoms. The van der Waals surface area contributed by atoms with Gasteiger partial charge in [-0.3, -0.25) is 4.18 Å². The third-order valence-corrected chi connectivity index (χ3v) is 6.26. The molecule has 30 heavy (non-hydrogen) atoms. The fourth-order valence-corrected chi connectivity index (χ4v) is 4.30.